The highest BCUT2D eigenvalue weighted by Crippen LogP contribution is 2.22. The Balaban J connectivity index is 1.98. The smallest absolute Gasteiger partial charge is 0.303 e. The summed E-state index contributed by atoms with van der Waals surface area (Å²) in [6.07, 6.45) is 2.71. The minimum atomic E-state index is -0.776. The maximum Gasteiger partial charge on any atom is 0.303 e. The van der Waals surface area contributed by atoms with Gasteiger partial charge in [-0.15, -0.1) is 0 Å². The number of aromatic nitrogens is 1. The molecular formula is C14H17BrN2O3. The number of carboxylic acid groups (broad SMARTS) is 1. The van der Waals surface area contributed by atoms with Gasteiger partial charge < -0.3 is 10.0 Å². The Hall–Kier alpha value is -1.43. The zero-order valence-electron chi connectivity index (χ0n) is 11.1. The monoisotopic (exact) mass is 340 g/mol. The third kappa shape index (κ3) is 4.03. The summed E-state index contributed by atoms with van der Waals surface area (Å²) in [4.78, 5) is 28.9. The van der Waals surface area contributed by atoms with Gasteiger partial charge in [-0.05, 0) is 53.2 Å². The van der Waals surface area contributed by atoms with Gasteiger partial charge in [-0.2, -0.15) is 0 Å². The van der Waals surface area contributed by atoms with Crippen molar-refractivity contribution in [2.24, 2.45) is 5.92 Å². The minimum absolute atomic E-state index is 0.0775. The van der Waals surface area contributed by atoms with Crippen molar-refractivity contribution in [3.63, 3.8) is 0 Å². The molecule has 1 unspecified atom stereocenters. The molecule has 0 bridgehead atoms. The number of aliphatic carboxylic acids is 1. The van der Waals surface area contributed by atoms with Gasteiger partial charge in [0, 0.05) is 19.5 Å². The zero-order valence-corrected chi connectivity index (χ0v) is 12.7. The molecule has 1 aliphatic rings. The highest BCUT2D eigenvalue weighted by Gasteiger charge is 2.25. The first kappa shape index (κ1) is 15.0. The second-order valence-electron chi connectivity index (χ2n) is 5.04. The van der Waals surface area contributed by atoms with Gasteiger partial charge >= 0.3 is 5.97 Å². The fraction of sp³-hybridized carbons (Fsp3) is 0.500. The first-order valence-corrected chi connectivity index (χ1v) is 7.49. The predicted molar refractivity (Wildman–Crippen MR) is 77.4 cm³/mol. The standard InChI is InChI=1S/C14H17BrN2O3/c15-12-5-1-4-11(16-12)14(20)17-8-2-3-10(9-17)6-7-13(18)19/h1,4-5,10H,2-3,6-9H2,(H,18,19). The molecule has 20 heavy (non-hydrogen) atoms. The maximum absolute atomic E-state index is 12.4. The van der Waals surface area contributed by atoms with Crippen molar-refractivity contribution < 1.29 is 14.7 Å². The van der Waals surface area contributed by atoms with Crippen LogP contribution in [0.5, 0.6) is 0 Å². The maximum atomic E-state index is 12.4. The van der Waals surface area contributed by atoms with Gasteiger partial charge in [0.25, 0.3) is 5.91 Å². The summed E-state index contributed by atoms with van der Waals surface area (Å²) in [6, 6.07) is 5.27. The number of piperidine rings is 1. The Morgan fingerprint density at radius 2 is 2.25 bits per heavy atom. The Morgan fingerprint density at radius 1 is 1.45 bits per heavy atom. The van der Waals surface area contributed by atoms with Crippen LogP contribution in [0.4, 0.5) is 0 Å². The Morgan fingerprint density at radius 3 is 2.95 bits per heavy atom. The van der Waals surface area contributed by atoms with E-state index in [4.69, 9.17) is 5.11 Å². The number of carbonyl (C=O) groups is 2. The van der Waals surface area contributed by atoms with E-state index in [0.29, 0.717) is 23.3 Å². The first-order chi connectivity index (χ1) is 9.56. The number of carbonyl (C=O) groups excluding carboxylic acids is 1. The Kier molecular flexibility index (Phi) is 5.11. The fourth-order valence-corrected chi connectivity index (χ4v) is 2.85. The van der Waals surface area contributed by atoms with Crippen molar-refractivity contribution in [3.8, 4) is 0 Å². The lowest BCUT2D eigenvalue weighted by Crippen LogP contribution is -2.40. The molecule has 2 heterocycles. The predicted octanol–water partition coefficient (Wildman–Crippen LogP) is 2.56. The van der Waals surface area contributed by atoms with Gasteiger partial charge in [0.15, 0.2) is 0 Å². The molecular weight excluding hydrogens is 324 g/mol. The second-order valence-corrected chi connectivity index (χ2v) is 5.85. The molecule has 6 heteroatoms. The molecule has 1 atom stereocenters. The van der Waals surface area contributed by atoms with E-state index in [-0.39, 0.29) is 18.2 Å². The van der Waals surface area contributed by atoms with Crippen LogP contribution in [0.3, 0.4) is 0 Å². The van der Waals surface area contributed by atoms with Crippen molar-refractivity contribution in [1.29, 1.82) is 0 Å². The molecule has 1 fully saturated rings. The molecule has 5 nitrogen and oxygen atoms in total. The van der Waals surface area contributed by atoms with Crippen molar-refractivity contribution >= 4 is 27.8 Å². The summed E-state index contributed by atoms with van der Waals surface area (Å²) in [5.41, 5.74) is 0.429. The molecule has 1 saturated heterocycles. The SMILES string of the molecule is O=C(O)CCC1CCCN(C(=O)c2cccc(Br)n2)C1. The lowest BCUT2D eigenvalue weighted by molar-refractivity contribution is -0.137. The van der Waals surface area contributed by atoms with E-state index in [1.54, 1.807) is 23.1 Å². The molecule has 1 aromatic rings. The Bertz CT molecular complexity index is 507. The molecule has 2 rings (SSSR count). The first-order valence-electron chi connectivity index (χ1n) is 6.70. The number of likely N-dealkylation sites (tertiary alicyclic amines) is 1. The van der Waals surface area contributed by atoms with E-state index in [1.807, 2.05) is 0 Å². The van der Waals surface area contributed by atoms with E-state index < -0.39 is 5.97 Å². The van der Waals surface area contributed by atoms with Crippen LogP contribution in [0.2, 0.25) is 0 Å². The molecule has 1 aliphatic heterocycles. The molecule has 1 aromatic heterocycles. The van der Waals surface area contributed by atoms with Gasteiger partial charge in [-0.3, -0.25) is 9.59 Å². The van der Waals surface area contributed by atoms with Gasteiger partial charge in [-0.1, -0.05) is 6.07 Å². The Labute approximate surface area is 126 Å². The van der Waals surface area contributed by atoms with Gasteiger partial charge in [0.2, 0.25) is 0 Å². The molecule has 0 saturated carbocycles. The summed E-state index contributed by atoms with van der Waals surface area (Å²) in [7, 11) is 0. The zero-order chi connectivity index (χ0) is 14.5. The third-order valence-corrected chi connectivity index (χ3v) is 3.95. The number of hydrogen-bond acceptors (Lipinski definition) is 3. The van der Waals surface area contributed by atoms with Crippen LogP contribution in [-0.2, 0) is 4.79 Å². The molecule has 1 amide bonds. The summed E-state index contributed by atoms with van der Waals surface area (Å²) < 4.78 is 0.641. The lowest BCUT2D eigenvalue weighted by Gasteiger charge is -2.32. The number of nitrogens with zero attached hydrogens (tertiary/aromatic N) is 2. The van der Waals surface area contributed by atoms with Crippen molar-refractivity contribution in [3.05, 3.63) is 28.5 Å². The van der Waals surface area contributed by atoms with Crippen molar-refractivity contribution in [1.82, 2.24) is 9.88 Å². The summed E-state index contributed by atoms with van der Waals surface area (Å²) in [5, 5.41) is 8.73. The highest BCUT2D eigenvalue weighted by atomic mass is 79.9. The van der Waals surface area contributed by atoms with E-state index in [0.717, 1.165) is 19.4 Å². The van der Waals surface area contributed by atoms with Gasteiger partial charge in [0.05, 0.1) is 0 Å². The van der Waals surface area contributed by atoms with Crippen LogP contribution in [0.1, 0.15) is 36.2 Å². The molecule has 0 aliphatic carbocycles. The number of rotatable bonds is 4. The molecule has 108 valence electrons. The number of carboxylic acids is 1. The van der Waals surface area contributed by atoms with E-state index in [2.05, 4.69) is 20.9 Å². The quantitative estimate of drug-likeness (QED) is 0.855. The molecule has 0 aromatic carbocycles. The van der Waals surface area contributed by atoms with Crippen molar-refractivity contribution in [2.45, 2.75) is 25.7 Å². The van der Waals surface area contributed by atoms with E-state index in [1.165, 1.54) is 0 Å². The minimum Gasteiger partial charge on any atom is -0.481 e. The van der Waals surface area contributed by atoms with Crippen LogP contribution in [-0.4, -0.2) is 40.0 Å². The third-order valence-electron chi connectivity index (χ3n) is 3.51. The van der Waals surface area contributed by atoms with Gasteiger partial charge in [-0.25, -0.2) is 4.98 Å². The van der Waals surface area contributed by atoms with Crippen LogP contribution < -0.4 is 0 Å². The largest absolute Gasteiger partial charge is 0.481 e. The number of halogens is 1. The van der Waals surface area contributed by atoms with E-state index >= 15 is 0 Å². The summed E-state index contributed by atoms with van der Waals surface area (Å²) in [5.74, 6) is -0.579. The normalized spacial score (nSPS) is 18.9. The van der Waals surface area contributed by atoms with Crippen LogP contribution in [0.15, 0.2) is 22.8 Å². The number of pyridine rings is 1. The highest BCUT2D eigenvalue weighted by molar-refractivity contribution is 9.10. The lowest BCUT2D eigenvalue weighted by atomic mass is 9.93. The molecule has 0 spiro atoms. The van der Waals surface area contributed by atoms with Crippen LogP contribution in [0.25, 0.3) is 0 Å². The average Bonchev–Trinajstić information content (AvgIpc) is 2.44. The molecule has 1 N–H and O–H groups in total. The van der Waals surface area contributed by atoms with Crippen LogP contribution in [0, 0.1) is 5.92 Å². The van der Waals surface area contributed by atoms with Crippen molar-refractivity contribution in [2.75, 3.05) is 13.1 Å². The van der Waals surface area contributed by atoms with Gasteiger partial charge in [0.1, 0.15) is 10.3 Å². The second kappa shape index (κ2) is 6.83. The summed E-state index contributed by atoms with van der Waals surface area (Å²) in [6.45, 7) is 1.34. The number of amides is 1. The fourth-order valence-electron chi connectivity index (χ4n) is 2.50. The van der Waals surface area contributed by atoms with E-state index in [9.17, 15) is 9.59 Å². The average molecular weight is 341 g/mol. The topological polar surface area (TPSA) is 70.5 Å². The number of hydrogen-bond donors (Lipinski definition) is 1. The van der Waals surface area contributed by atoms with Crippen LogP contribution >= 0.6 is 15.9 Å². The summed E-state index contributed by atoms with van der Waals surface area (Å²) >= 11 is 3.26. The molecule has 0 radical (unpaired) electrons.